The van der Waals surface area contributed by atoms with Crippen LogP contribution in [-0.2, 0) is 16.8 Å². The van der Waals surface area contributed by atoms with Crippen molar-refractivity contribution in [1.82, 2.24) is 15.5 Å². The Hall–Kier alpha value is -1.14. The molecule has 2 aliphatic rings. The highest BCUT2D eigenvalue weighted by Crippen LogP contribution is 2.34. The summed E-state index contributed by atoms with van der Waals surface area (Å²) in [7, 11) is 0. The van der Waals surface area contributed by atoms with Gasteiger partial charge >= 0.3 is 0 Å². The van der Waals surface area contributed by atoms with E-state index in [1.54, 1.807) is 0 Å². The third-order valence-electron chi connectivity index (χ3n) is 5.00. The summed E-state index contributed by atoms with van der Waals surface area (Å²) in [5, 5.41) is 7.12. The molecule has 2 fully saturated rings. The lowest BCUT2D eigenvalue weighted by Gasteiger charge is -2.18. The SMILES string of the molecule is CC(Cc1nc(C2(N)CCCC2)no1)NC(=O)C1CCCC1.Cl. The second-order valence-corrected chi connectivity index (χ2v) is 6.97. The van der Waals surface area contributed by atoms with Crippen LogP contribution in [0.1, 0.15) is 70.0 Å². The molecule has 1 aromatic heterocycles. The van der Waals surface area contributed by atoms with E-state index in [0.717, 1.165) is 51.4 Å². The molecule has 1 unspecified atom stereocenters. The van der Waals surface area contributed by atoms with Crippen LogP contribution in [0.3, 0.4) is 0 Å². The van der Waals surface area contributed by atoms with Gasteiger partial charge in [0.25, 0.3) is 0 Å². The predicted molar refractivity (Wildman–Crippen MR) is 89.1 cm³/mol. The highest BCUT2D eigenvalue weighted by Gasteiger charge is 2.36. The monoisotopic (exact) mass is 342 g/mol. The molecule has 7 heteroatoms. The zero-order valence-corrected chi connectivity index (χ0v) is 14.5. The van der Waals surface area contributed by atoms with Gasteiger partial charge in [-0.25, -0.2) is 0 Å². The zero-order chi connectivity index (χ0) is 15.6. The number of carbonyl (C=O) groups is 1. The number of hydrogen-bond acceptors (Lipinski definition) is 5. The lowest BCUT2D eigenvalue weighted by molar-refractivity contribution is -0.125. The van der Waals surface area contributed by atoms with Gasteiger partial charge in [-0.2, -0.15) is 4.98 Å². The van der Waals surface area contributed by atoms with Crippen molar-refractivity contribution in [3.05, 3.63) is 11.7 Å². The molecule has 1 aromatic rings. The normalized spacial score (nSPS) is 21.8. The largest absolute Gasteiger partial charge is 0.353 e. The van der Waals surface area contributed by atoms with Gasteiger partial charge < -0.3 is 15.6 Å². The molecular weight excluding hydrogens is 316 g/mol. The van der Waals surface area contributed by atoms with Gasteiger partial charge in [0.05, 0.1) is 5.54 Å². The molecule has 1 amide bonds. The van der Waals surface area contributed by atoms with Crippen molar-refractivity contribution in [1.29, 1.82) is 0 Å². The van der Waals surface area contributed by atoms with E-state index in [0.29, 0.717) is 18.1 Å². The molecule has 0 aliphatic heterocycles. The van der Waals surface area contributed by atoms with E-state index in [1.807, 2.05) is 6.92 Å². The summed E-state index contributed by atoms with van der Waals surface area (Å²) >= 11 is 0. The van der Waals surface area contributed by atoms with Gasteiger partial charge in [0.2, 0.25) is 11.8 Å². The van der Waals surface area contributed by atoms with E-state index < -0.39 is 5.54 Å². The summed E-state index contributed by atoms with van der Waals surface area (Å²) in [5.74, 6) is 1.53. The predicted octanol–water partition coefficient (Wildman–Crippen LogP) is 2.46. The summed E-state index contributed by atoms with van der Waals surface area (Å²) in [5.41, 5.74) is 5.91. The molecule has 2 aliphatic carbocycles. The first-order valence-corrected chi connectivity index (χ1v) is 8.49. The lowest BCUT2D eigenvalue weighted by Crippen LogP contribution is -2.38. The second kappa shape index (κ2) is 7.62. The minimum absolute atomic E-state index is 0. The van der Waals surface area contributed by atoms with Crippen LogP contribution in [0.25, 0.3) is 0 Å². The van der Waals surface area contributed by atoms with Crippen molar-refractivity contribution in [2.24, 2.45) is 11.7 Å². The number of rotatable bonds is 5. The lowest BCUT2D eigenvalue weighted by atomic mass is 9.99. The van der Waals surface area contributed by atoms with E-state index in [4.69, 9.17) is 10.3 Å². The van der Waals surface area contributed by atoms with Crippen molar-refractivity contribution in [2.45, 2.75) is 76.3 Å². The highest BCUT2D eigenvalue weighted by atomic mass is 35.5. The first kappa shape index (κ1) is 18.2. The van der Waals surface area contributed by atoms with Crippen molar-refractivity contribution in [3.63, 3.8) is 0 Å². The Labute approximate surface area is 143 Å². The maximum atomic E-state index is 12.1. The number of hydrogen-bond donors (Lipinski definition) is 2. The highest BCUT2D eigenvalue weighted by molar-refractivity contribution is 5.85. The standard InChI is InChI=1S/C16H26N4O2.ClH/c1-11(18-14(21)12-6-2-3-7-12)10-13-19-15(20-22-13)16(17)8-4-5-9-16;/h11-12H,2-10,17H2,1H3,(H,18,21);1H. The maximum absolute atomic E-state index is 12.1. The molecule has 130 valence electrons. The maximum Gasteiger partial charge on any atom is 0.228 e. The molecule has 0 aromatic carbocycles. The smallest absolute Gasteiger partial charge is 0.228 e. The Kier molecular flexibility index (Phi) is 6.03. The van der Waals surface area contributed by atoms with Crippen LogP contribution in [-0.4, -0.2) is 22.1 Å². The number of nitrogens with two attached hydrogens (primary N) is 1. The number of carbonyl (C=O) groups excluding carboxylic acids is 1. The molecule has 23 heavy (non-hydrogen) atoms. The van der Waals surface area contributed by atoms with Crippen molar-refractivity contribution in [3.8, 4) is 0 Å². The summed E-state index contributed by atoms with van der Waals surface area (Å²) < 4.78 is 5.33. The Morgan fingerprint density at radius 3 is 2.65 bits per heavy atom. The third-order valence-corrected chi connectivity index (χ3v) is 5.00. The molecule has 6 nitrogen and oxygen atoms in total. The molecule has 0 radical (unpaired) electrons. The molecule has 0 spiro atoms. The fourth-order valence-electron chi connectivity index (χ4n) is 3.63. The van der Waals surface area contributed by atoms with E-state index >= 15 is 0 Å². The van der Waals surface area contributed by atoms with Crippen LogP contribution in [0, 0.1) is 5.92 Å². The molecule has 1 atom stereocenters. The molecule has 2 saturated carbocycles. The number of nitrogens with one attached hydrogen (secondary N) is 1. The van der Waals surface area contributed by atoms with Crippen LogP contribution >= 0.6 is 12.4 Å². The van der Waals surface area contributed by atoms with Crippen molar-refractivity contribution in [2.75, 3.05) is 0 Å². The molecule has 0 bridgehead atoms. The fourth-order valence-corrected chi connectivity index (χ4v) is 3.63. The summed E-state index contributed by atoms with van der Waals surface area (Å²) in [6.45, 7) is 1.98. The van der Waals surface area contributed by atoms with Crippen molar-refractivity contribution >= 4 is 18.3 Å². The van der Waals surface area contributed by atoms with Gasteiger partial charge in [-0.05, 0) is 32.6 Å². The van der Waals surface area contributed by atoms with Crippen LogP contribution < -0.4 is 11.1 Å². The number of nitrogens with zero attached hydrogens (tertiary/aromatic N) is 2. The summed E-state index contributed by atoms with van der Waals surface area (Å²) in [4.78, 5) is 16.6. The molecule has 0 saturated heterocycles. The van der Waals surface area contributed by atoms with Gasteiger partial charge in [-0.3, -0.25) is 4.79 Å². The Bertz CT molecular complexity index is 522. The first-order valence-electron chi connectivity index (χ1n) is 8.49. The van der Waals surface area contributed by atoms with Gasteiger partial charge in [0.1, 0.15) is 0 Å². The second-order valence-electron chi connectivity index (χ2n) is 6.97. The Morgan fingerprint density at radius 1 is 1.35 bits per heavy atom. The average Bonchev–Trinajstić information content (AvgIpc) is 3.19. The van der Waals surface area contributed by atoms with Crippen LogP contribution in [0.15, 0.2) is 4.52 Å². The number of aromatic nitrogens is 2. The van der Waals surface area contributed by atoms with Gasteiger partial charge in [-0.15, -0.1) is 12.4 Å². The Balaban J connectivity index is 0.00000192. The summed E-state index contributed by atoms with van der Waals surface area (Å²) in [6, 6.07) is -0.00120. The Morgan fingerprint density at radius 2 is 2.00 bits per heavy atom. The minimum Gasteiger partial charge on any atom is -0.353 e. The molecular formula is C16H27ClN4O2. The van der Waals surface area contributed by atoms with E-state index in [2.05, 4.69) is 15.5 Å². The molecule has 1 heterocycles. The molecule has 3 rings (SSSR count). The number of amides is 1. The van der Waals surface area contributed by atoms with Gasteiger partial charge in [0, 0.05) is 18.4 Å². The molecule has 3 N–H and O–H groups in total. The van der Waals surface area contributed by atoms with Crippen molar-refractivity contribution < 1.29 is 9.32 Å². The first-order chi connectivity index (χ1) is 10.6. The minimum atomic E-state index is -0.419. The van der Waals surface area contributed by atoms with E-state index in [1.165, 1.54) is 0 Å². The van der Waals surface area contributed by atoms with Gasteiger partial charge in [0.15, 0.2) is 5.82 Å². The summed E-state index contributed by atoms with van der Waals surface area (Å²) in [6.07, 6.45) is 8.98. The number of halogens is 1. The topological polar surface area (TPSA) is 94.0 Å². The fraction of sp³-hybridized carbons (Fsp3) is 0.812. The average molecular weight is 343 g/mol. The van der Waals surface area contributed by atoms with E-state index in [-0.39, 0.29) is 30.3 Å². The third kappa shape index (κ3) is 4.23. The zero-order valence-electron chi connectivity index (χ0n) is 13.7. The van der Waals surface area contributed by atoms with Crippen LogP contribution in [0.5, 0.6) is 0 Å². The van der Waals surface area contributed by atoms with Crippen LogP contribution in [0.2, 0.25) is 0 Å². The quantitative estimate of drug-likeness (QED) is 0.857. The van der Waals surface area contributed by atoms with Crippen LogP contribution in [0.4, 0.5) is 0 Å². The van der Waals surface area contributed by atoms with E-state index in [9.17, 15) is 4.79 Å². The van der Waals surface area contributed by atoms with Gasteiger partial charge in [-0.1, -0.05) is 30.8 Å².